The van der Waals surface area contributed by atoms with E-state index in [2.05, 4.69) is 34.7 Å². The minimum atomic E-state index is 0.158. The summed E-state index contributed by atoms with van der Waals surface area (Å²) in [5.74, 6) is 0. The molecule has 0 saturated heterocycles. The molecular weight excluding hydrogens is 196 g/mol. The Morgan fingerprint density at radius 1 is 1.79 bits per heavy atom. The number of rotatable bonds is 3. The summed E-state index contributed by atoms with van der Waals surface area (Å²) >= 11 is 4.60. The van der Waals surface area contributed by atoms with Gasteiger partial charge in [-0.3, -0.25) is 10.4 Å². The summed E-state index contributed by atoms with van der Waals surface area (Å²) in [6.07, 6.45) is 4.31. The molecule has 0 aromatic carbocycles. The van der Waals surface area contributed by atoms with Crippen molar-refractivity contribution in [3.63, 3.8) is 0 Å². The number of hydrazone groups is 1. The molecule has 4 nitrogen and oxygen atoms in total. The molecule has 0 aliphatic rings. The molecule has 0 atom stereocenters. The molecule has 1 rings (SSSR count). The van der Waals surface area contributed by atoms with Gasteiger partial charge in [-0.2, -0.15) is 5.10 Å². The molecule has 0 fully saturated rings. The molecule has 0 saturated carbocycles. The number of aromatic nitrogens is 1. The fraction of sp³-hybridized carbons (Fsp3) is 0.222. The van der Waals surface area contributed by atoms with Crippen molar-refractivity contribution >= 4 is 23.5 Å². The van der Waals surface area contributed by atoms with E-state index in [9.17, 15) is 0 Å². The van der Waals surface area contributed by atoms with Crippen molar-refractivity contribution in [1.82, 2.24) is 10.4 Å². The molecule has 1 aromatic heterocycles. The fourth-order valence-corrected chi connectivity index (χ4v) is 0.994. The molecule has 0 radical (unpaired) electrons. The highest BCUT2D eigenvalue weighted by Gasteiger charge is 1.91. The third-order valence-corrected chi connectivity index (χ3v) is 1.68. The lowest BCUT2D eigenvalue weighted by atomic mass is 10.2. The van der Waals surface area contributed by atoms with E-state index in [1.165, 1.54) is 0 Å². The summed E-state index contributed by atoms with van der Waals surface area (Å²) in [5.41, 5.74) is 9.70. The van der Waals surface area contributed by atoms with E-state index in [0.717, 1.165) is 17.7 Å². The Hall–Kier alpha value is -1.49. The van der Waals surface area contributed by atoms with Crippen LogP contribution in [0.15, 0.2) is 23.4 Å². The predicted octanol–water partition coefficient (Wildman–Crippen LogP) is 0.811. The van der Waals surface area contributed by atoms with E-state index < -0.39 is 0 Å². The van der Waals surface area contributed by atoms with Crippen molar-refractivity contribution in [2.24, 2.45) is 10.8 Å². The zero-order valence-corrected chi connectivity index (χ0v) is 8.71. The highest BCUT2D eigenvalue weighted by Crippen LogP contribution is 1.99. The normalized spacial score (nSPS) is 10.4. The average molecular weight is 208 g/mol. The second kappa shape index (κ2) is 5.29. The number of nitrogens with two attached hydrogens (primary N) is 1. The Bertz CT molecular complexity index is 348. The fourth-order valence-electron chi connectivity index (χ4n) is 0.941. The Balaban J connectivity index is 2.66. The van der Waals surface area contributed by atoms with Crippen LogP contribution in [0.25, 0.3) is 0 Å². The van der Waals surface area contributed by atoms with Gasteiger partial charge in [0.25, 0.3) is 0 Å². The molecule has 0 amide bonds. The largest absolute Gasteiger partial charge is 0.375 e. The zero-order chi connectivity index (χ0) is 10.4. The van der Waals surface area contributed by atoms with E-state index in [1.54, 1.807) is 12.4 Å². The average Bonchev–Trinajstić information content (AvgIpc) is 2.18. The van der Waals surface area contributed by atoms with Crippen molar-refractivity contribution < 1.29 is 0 Å². The SMILES string of the molecule is CCc1cc(/C=N/NC(N)=S)ccn1. The van der Waals surface area contributed by atoms with Crippen LogP contribution in [0.4, 0.5) is 0 Å². The van der Waals surface area contributed by atoms with Crippen molar-refractivity contribution in [2.45, 2.75) is 13.3 Å². The van der Waals surface area contributed by atoms with Crippen molar-refractivity contribution in [1.29, 1.82) is 0 Å². The van der Waals surface area contributed by atoms with Crippen LogP contribution in [-0.2, 0) is 6.42 Å². The van der Waals surface area contributed by atoms with Crippen LogP contribution in [0.3, 0.4) is 0 Å². The third-order valence-electron chi connectivity index (χ3n) is 1.59. The minimum absolute atomic E-state index is 0.158. The topological polar surface area (TPSA) is 63.3 Å². The minimum Gasteiger partial charge on any atom is -0.375 e. The van der Waals surface area contributed by atoms with Gasteiger partial charge in [0, 0.05) is 11.9 Å². The molecule has 74 valence electrons. The van der Waals surface area contributed by atoms with Gasteiger partial charge in [0.1, 0.15) is 0 Å². The Morgan fingerprint density at radius 3 is 3.21 bits per heavy atom. The van der Waals surface area contributed by atoms with Crippen LogP contribution in [0, 0.1) is 0 Å². The Morgan fingerprint density at radius 2 is 2.57 bits per heavy atom. The summed E-state index contributed by atoms with van der Waals surface area (Å²) in [7, 11) is 0. The molecule has 0 aliphatic carbocycles. The lowest BCUT2D eigenvalue weighted by Gasteiger charge is -1.97. The molecular formula is C9H12N4S. The number of pyridine rings is 1. The van der Waals surface area contributed by atoms with Crippen molar-refractivity contribution in [3.05, 3.63) is 29.6 Å². The first kappa shape index (κ1) is 10.6. The van der Waals surface area contributed by atoms with E-state index in [4.69, 9.17) is 5.73 Å². The summed E-state index contributed by atoms with van der Waals surface area (Å²) in [6, 6.07) is 3.83. The van der Waals surface area contributed by atoms with Crippen LogP contribution < -0.4 is 11.2 Å². The summed E-state index contributed by atoms with van der Waals surface area (Å²) in [4.78, 5) is 4.17. The molecule has 14 heavy (non-hydrogen) atoms. The molecule has 5 heteroatoms. The standard InChI is InChI=1S/C9H12N4S/c1-2-8-5-7(3-4-11-8)6-12-13-9(10)14/h3-6H,2H2,1H3,(H3,10,13,14)/b12-6+. The smallest absolute Gasteiger partial charge is 0.184 e. The van der Waals surface area contributed by atoms with Gasteiger partial charge in [0.2, 0.25) is 0 Å². The zero-order valence-electron chi connectivity index (χ0n) is 7.90. The quantitative estimate of drug-likeness (QED) is 0.438. The second-order valence-corrected chi connectivity index (χ2v) is 3.11. The molecule has 1 heterocycles. The highest BCUT2D eigenvalue weighted by molar-refractivity contribution is 7.80. The van der Waals surface area contributed by atoms with Crippen molar-refractivity contribution in [2.75, 3.05) is 0 Å². The number of hydrogen-bond donors (Lipinski definition) is 2. The van der Waals surface area contributed by atoms with Gasteiger partial charge in [-0.05, 0) is 36.3 Å². The molecule has 0 unspecified atom stereocenters. The third kappa shape index (κ3) is 3.49. The first-order chi connectivity index (χ1) is 6.72. The van der Waals surface area contributed by atoms with Crippen LogP contribution in [0.2, 0.25) is 0 Å². The highest BCUT2D eigenvalue weighted by atomic mass is 32.1. The summed E-state index contributed by atoms with van der Waals surface area (Å²) < 4.78 is 0. The molecule has 1 aromatic rings. The maximum Gasteiger partial charge on any atom is 0.184 e. The maximum absolute atomic E-state index is 5.21. The number of thiocarbonyl (C=S) groups is 1. The maximum atomic E-state index is 5.21. The van der Waals surface area contributed by atoms with Crippen LogP contribution in [0.5, 0.6) is 0 Å². The second-order valence-electron chi connectivity index (χ2n) is 2.67. The van der Waals surface area contributed by atoms with Gasteiger partial charge in [0.05, 0.1) is 6.21 Å². The van der Waals surface area contributed by atoms with E-state index in [-0.39, 0.29) is 5.11 Å². The van der Waals surface area contributed by atoms with E-state index >= 15 is 0 Å². The van der Waals surface area contributed by atoms with Gasteiger partial charge in [-0.25, -0.2) is 0 Å². The first-order valence-corrected chi connectivity index (χ1v) is 4.66. The monoisotopic (exact) mass is 208 g/mol. The van der Waals surface area contributed by atoms with Crippen LogP contribution >= 0.6 is 12.2 Å². The van der Waals surface area contributed by atoms with Gasteiger partial charge >= 0.3 is 0 Å². The number of nitrogens with one attached hydrogen (secondary N) is 1. The molecule has 3 N–H and O–H groups in total. The number of aryl methyl sites for hydroxylation is 1. The van der Waals surface area contributed by atoms with E-state index in [1.807, 2.05) is 12.1 Å². The molecule has 0 aliphatic heterocycles. The van der Waals surface area contributed by atoms with Gasteiger partial charge in [0.15, 0.2) is 5.11 Å². The number of hydrogen-bond acceptors (Lipinski definition) is 3. The lowest BCUT2D eigenvalue weighted by molar-refractivity contribution is 1.03. The van der Waals surface area contributed by atoms with Crippen molar-refractivity contribution in [3.8, 4) is 0 Å². The molecule has 0 bridgehead atoms. The van der Waals surface area contributed by atoms with E-state index in [0.29, 0.717) is 0 Å². The number of nitrogens with zero attached hydrogens (tertiary/aromatic N) is 2. The van der Waals surface area contributed by atoms with Gasteiger partial charge < -0.3 is 5.73 Å². The lowest BCUT2D eigenvalue weighted by Crippen LogP contribution is -2.23. The Labute approximate surface area is 88.2 Å². The van der Waals surface area contributed by atoms with Crippen LogP contribution in [-0.4, -0.2) is 16.3 Å². The van der Waals surface area contributed by atoms with Crippen LogP contribution in [0.1, 0.15) is 18.2 Å². The van der Waals surface area contributed by atoms with Gasteiger partial charge in [-0.15, -0.1) is 0 Å². The predicted molar refractivity (Wildman–Crippen MR) is 61.1 cm³/mol. The molecule has 0 spiro atoms. The first-order valence-electron chi connectivity index (χ1n) is 4.26. The summed E-state index contributed by atoms with van der Waals surface area (Å²) in [5, 5.41) is 4.01. The Kier molecular flexibility index (Phi) is 4.00. The van der Waals surface area contributed by atoms with Gasteiger partial charge in [-0.1, -0.05) is 6.92 Å². The summed E-state index contributed by atoms with van der Waals surface area (Å²) in [6.45, 7) is 2.05.